The topological polar surface area (TPSA) is 53.6 Å². The number of carbonyl (C=O) groups excluding carboxylic acids is 2. The van der Waals surface area contributed by atoms with E-state index >= 15 is 0 Å². The first-order valence-electron chi connectivity index (χ1n) is 13.4. The highest BCUT2D eigenvalue weighted by Gasteiger charge is 2.23. The molecule has 206 valence electrons. The number of hydrogen-bond donors (Lipinski definition) is 0. The van der Waals surface area contributed by atoms with Gasteiger partial charge in [-0.1, -0.05) is 15.9 Å². The number of likely N-dealkylation sites (N-methyl/N-ethyl adjacent to an activating group) is 3. The Bertz CT molecular complexity index is 1150. The van der Waals surface area contributed by atoms with E-state index in [4.69, 9.17) is 0 Å². The van der Waals surface area contributed by atoms with E-state index in [-0.39, 0.29) is 11.8 Å². The first-order valence-corrected chi connectivity index (χ1v) is 14.2. The fourth-order valence-corrected chi connectivity index (χ4v) is 5.75. The van der Waals surface area contributed by atoms with Crippen LogP contribution in [0.4, 0.5) is 17.1 Å². The highest BCUT2D eigenvalue weighted by atomic mass is 79.9. The molecule has 8 nitrogen and oxygen atoms in total. The predicted octanol–water partition coefficient (Wildman–Crippen LogP) is 3.48. The average Bonchev–Trinajstić information content (AvgIpc) is 3.14. The van der Waals surface area contributed by atoms with Crippen LogP contribution in [0.3, 0.4) is 0 Å². The molecular formula is C29H41BrN6O2. The van der Waals surface area contributed by atoms with Gasteiger partial charge in [-0.2, -0.15) is 0 Å². The van der Waals surface area contributed by atoms with Gasteiger partial charge < -0.3 is 29.4 Å². The zero-order chi connectivity index (χ0) is 27.4. The molecular weight excluding hydrogens is 544 g/mol. The zero-order valence-electron chi connectivity index (χ0n) is 23.4. The molecule has 38 heavy (non-hydrogen) atoms. The molecule has 0 bridgehead atoms. The van der Waals surface area contributed by atoms with Crippen LogP contribution < -0.4 is 14.7 Å². The summed E-state index contributed by atoms with van der Waals surface area (Å²) in [7, 11) is 6.37. The third-order valence-electron chi connectivity index (χ3n) is 7.61. The van der Waals surface area contributed by atoms with Gasteiger partial charge in [-0.3, -0.25) is 9.59 Å². The van der Waals surface area contributed by atoms with Crippen LogP contribution in [0.15, 0.2) is 40.9 Å². The van der Waals surface area contributed by atoms with Crippen molar-refractivity contribution in [2.24, 2.45) is 0 Å². The zero-order valence-corrected chi connectivity index (χ0v) is 25.0. The smallest absolute Gasteiger partial charge is 0.223 e. The second-order valence-electron chi connectivity index (χ2n) is 10.7. The molecule has 3 heterocycles. The fourth-order valence-electron chi connectivity index (χ4n) is 5.34. The van der Waals surface area contributed by atoms with Crippen LogP contribution in [0.1, 0.15) is 25.0 Å². The third kappa shape index (κ3) is 6.94. The maximum Gasteiger partial charge on any atom is 0.223 e. The molecule has 1 fully saturated rings. The second kappa shape index (κ2) is 12.6. The molecule has 5 rings (SSSR count). The summed E-state index contributed by atoms with van der Waals surface area (Å²) in [6.07, 6.45) is 0. The molecule has 0 aromatic heterocycles. The van der Waals surface area contributed by atoms with Gasteiger partial charge in [-0.05, 0) is 68.7 Å². The summed E-state index contributed by atoms with van der Waals surface area (Å²) in [5.41, 5.74) is 5.86. The third-order valence-corrected chi connectivity index (χ3v) is 8.10. The number of carbonyl (C=O) groups is 2. The number of hydrogen-bond acceptors (Lipinski definition) is 6. The molecule has 0 radical (unpaired) electrons. The summed E-state index contributed by atoms with van der Waals surface area (Å²) >= 11 is 3.47. The maximum atomic E-state index is 11.9. The number of fused-ring (bicyclic) bond motifs is 2. The van der Waals surface area contributed by atoms with E-state index in [1.807, 2.05) is 21.9 Å². The Kier molecular flexibility index (Phi) is 9.46. The van der Waals surface area contributed by atoms with Crippen LogP contribution in [0, 0.1) is 0 Å². The first kappa shape index (κ1) is 28.5. The average molecular weight is 586 g/mol. The van der Waals surface area contributed by atoms with Gasteiger partial charge in [0, 0.05) is 101 Å². The summed E-state index contributed by atoms with van der Waals surface area (Å²) < 4.78 is 1.06. The summed E-state index contributed by atoms with van der Waals surface area (Å²) in [5.74, 6) is 0.239. The highest BCUT2D eigenvalue weighted by molar-refractivity contribution is 9.10. The Labute approximate surface area is 235 Å². The van der Waals surface area contributed by atoms with Crippen molar-refractivity contribution < 1.29 is 9.59 Å². The molecule has 2 amide bonds. The molecule has 0 N–H and O–H groups in total. The number of rotatable bonds is 1. The van der Waals surface area contributed by atoms with Crippen LogP contribution in [-0.2, 0) is 22.7 Å². The summed E-state index contributed by atoms with van der Waals surface area (Å²) in [6, 6.07) is 12.7. The number of benzene rings is 2. The molecule has 0 aliphatic carbocycles. The largest absolute Gasteiger partial charge is 0.369 e. The molecule has 0 spiro atoms. The van der Waals surface area contributed by atoms with Gasteiger partial charge in [0.2, 0.25) is 11.8 Å². The summed E-state index contributed by atoms with van der Waals surface area (Å²) in [4.78, 5) is 36.6. The normalized spacial score (nSPS) is 19.1. The van der Waals surface area contributed by atoms with Crippen LogP contribution in [0.25, 0.3) is 0 Å². The molecule has 0 saturated carbocycles. The Morgan fingerprint density at radius 3 is 1.63 bits per heavy atom. The molecule has 3 aliphatic rings. The van der Waals surface area contributed by atoms with Crippen molar-refractivity contribution in [2.75, 3.05) is 88.2 Å². The van der Waals surface area contributed by atoms with Crippen molar-refractivity contribution in [3.8, 4) is 0 Å². The Balaban J connectivity index is 0.000000186. The Morgan fingerprint density at radius 1 is 0.632 bits per heavy atom. The number of nitrogens with zero attached hydrogens (tertiary/aromatic N) is 6. The van der Waals surface area contributed by atoms with Crippen molar-refractivity contribution in [1.29, 1.82) is 0 Å². The number of anilines is 3. The number of amides is 2. The maximum absolute atomic E-state index is 11.9. The molecule has 2 aromatic rings. The van der Waals surface area contributed by atoms with Gasteiger partial charge in [-0.15, -0.1) is 0 Å². The summed E-state index contributed by atoms with van der Waals surface area (Å²) in [5, 5.41) is 0. The second-order valence-corrected chi connectivity index (χ2v) is 11.6. The minimum absolute atomic E-state index is 0.110. The van der Waals surface area contributed by atoms with Gasteiger partial charge in [-0.25, -0.2) is 0 Å². The van der Waals surface area contributed by atoms with Gasteiger partial charge in [0.15, 0.2) is 0 Å². The Hall–Kier alpha value is -2.46. The standard InChI is InChI=1S/C17H26N4O.C12H15BrN2O/c1-14(22)21-11-8-19(3)13-15-12-16(4-5-17(15)21)20-9-6-18(2)7-10-20;1-9(16)15-6-5-14(2)8-10-7-11(13)3-4-12(10)15/h4-5,12H,6-11,13H2,1-3H3;3-4,7H,5-6,8H2,1-2H3. The van der Waals surface area contributed by atoms with Crippen LogP contribution in [0.2, 0.25) is 0 Å². The minimum Gasteiger partial charge on any atom is -0.369 e. The number of piperazine rings is 1. The number of halogens is 1. The van der Waals surface area contributed by atoms with Crippen molar-refractivity contribution >= 4 is 44.8 Å². The van der Waals surface area contributed by atoms with E-state index < -0.39 is 0 Å². The van der Waals surface area contributed by atoms with Crippen molar-refractivity contribution in [1.82, 2.24) is 14.7 Å². The van der Waals surface area contributed by atoms with Crippen molar-refractivity contribution in [3.63, 3.8) is 0 Å². The van der Waals surface area contributed by atoms with E-state index in [1.54, 1.807) is 13.8 Å². The first-order chi connectivity index (χ1) is 18.1. The van der Waals surface area contributed by atoms with Crippen LogP contribution in [-0.4, -0.2) is 100 Å². The SMILES string of the molecule is CC(=O)N1CCN(C)Cc2cc(Br)ccc21.CC(=O)N1CCN(C)Cc2cc(N3CCN(C)CC3)ccc21. The molecule has 9 heteroatoms. The van der Waals surface area contributed by atoms with E-state index in [2.05, 4.69) is 80.9 Å². The molecule has 3 aliphatic heterocycles. The van der Waals surface area contributed by atoms with Gasteiger partial charge in [0.1, 0.15) is 0 Å². The summed E-state index contributed by atoms with van der Waals surface area (Å²) in [6.45, 7) is 12.8. The minimum atomic E-state index is 0.110. The van der Waals surface area contributed by atoms with Crippen molar-refractivity contribution in [3.05, 3.63) is 52.0 Å². The highest BCUT2D eigenvalue weighted by Crippen LogP contribution is 2.30. The van der Waals surface area contributed by atoms with E-state index in [0.717, 1.165) is 81.3 Å². The lowest BCUT2D eigenvalue weighted by molar-refractivity contribution is -0.117. The lowest BCUT2D eigenvalue weighted by Crippen LogP contribution is -2.44. The van der Waals surface area contributed by atoms with Crippen molar-refractivity contribution in [2.45, 2.75) is 26.9 Å². The van der Waals surface area contributed by atoms with Gasteiger partial charge >= 0.3 is 0 Å². The molecule has 0 atom stereocenters. The quantitative estimate of drug-likeness (QED) is 0.511. The Morgan fingerprint density at radius 2 is 1.11 bits per heavy atom. The lowest BCUT2D eigenvalue weighted by atomic mass is 10.1. The van der Waals surface area contributed by atoms with Crippen LogP contribution in [0.5, 0.6) is 0 Å². The van der Waals surface area contributed by atoms with E-state index in [1.165, 1.54) is 16.8 Å². The molecule has 2 aromatic carbocycles. The molecule has 1 saturated heterocycles. The van der Waals surface area contributed by atoms with Crippen LogP contribution >= 0.6 is 15.9 Å². The monoisotopic (exact) mass is 584 g/mol. The van der Waals surface area contributed by atoms with E-state index in [0.29, 0.717) is 0 Å². The van der Waals surface area contributed by atoms with Gasteiger partial charge in [0.05, 0.1) is 0 Å². The predicted molar refractivity (Wildman–Crippen MR) is 159 cm³/mol. The lowest BCUT2D eigenvalue weighted by Gasteiger charge is -2.34. The van der Waals surface area contributed by atoms with Gasteiger partial charge in [0.25, 0.3) is 0 Å². The molecule has 0 unspecified atom stereocenters. The fraction of sp³-hybridized carbons (Fsp3) is 0.517. The van der Waals surface area contributed by atoms with E-state index in [9.17, 15) is 9.59 Å².